The molecule has 0 fully saturated rings. The molecule has 118 valence electrons. The standard InChI is InChI=1S/C17H17N3O2S/c1-2-22-15-11-7-6-10-14(15)16-18-19(12-21)17(23)20(16)13-8-4-3-5-9-13/h3-11,21H,2,12H2,1H3. The third-order valence-corrected chi connectivity index (χ3v) is 3.81. The van der Waals surface area contributed by atoms with Crippen LogP contribution in [0.5, 0.6) is 5.75 Å². The van der Waals surface area contributed by atoms with Gasteiger partial charge in [-0.1, -0.05) is 30.3 Å². The summed E-state index contributed by atoms with van der Waals surface area (Å²) in [5.41, 5.74) is 1.72. The van der Waals surface area contributed by atoms with Gasteiger partial charge in [-0.3, -0.25) is 4.57 Å². The Morgan fingerprint density at radius 2 is 1.78 bits per heavy atom. The number of hydrogen-bond acceptors (Lipinski definition) is 4. The maximum Gasteiger partial charge on any atom is 0.205 e. The van der Waals surface area contributed by atoms with Crippen LogP contribution in [0, 0.1) is 4.77 Å². The molecule has 3 aromatic rings. The van der Waals surface area contributed by atoms with Crippen molar-refractivity contribution >= 4 is 12.2 Å². The highest BCUT2D eigenvalue weighted by molar-refractivity contribution is 7.71. The first-order valence-corrected chi connectivity index (χ1v) is 7.75. The lowest BCUT2D eigenvalue weighted by atomic mass is 10.2. The summed E-state index contributed by atoms with van der Waals surface area (Å²) >= 11 is 5.46. The van der Waals surface area contributed by atoms with Crippen molar-refractivity contribution in [2.75, 3.05) is 6.61 Å². The van der Waals surface area contributed by atoms with Crippen molar-refractivity contribution in [3.05, 3.63) is 59.4 Å². The van der Waals surface area contributed by atoms with Crippen molar-refractivity contribution in [2.45, 2.75) is 13.7 Å². The Kier molecular flexibility index (Phi) is 4.55. The first-order chi connectivity index (χ1) is 11.3. The normalized spacial score (nSPS) is 10.7. The Morgan fingerprint density at radius 1 is 1.09 bits per heavy atom. The number of aromatic nitrogens is 3. The molecule has 0 amide bonds. The van der Waals surface area contributed by atoms with Gasteiger partial charge < -0.3 is 9.84 Å². The van der Waals surface area contributed by atoms with Crippen LogP contribution in [0.2, 0.25) is 0 Å². The fraction of sp³-hybridized carbons (Fsp3) is 0.176. The summed E-state index contributed by atoms with van der Waals surface area (Å²) in [6.45, 7) is 2.22. The molecule has 0 saturated heterocycles. The smallest absolute Gasteiger partial charge is 0.205 e. The number of nitrogens with zero attached hydrogens (tertiary/aromatic N) is 3. The SMILES string of the molecule is CCOc1ccccc1-c1nn(CO)c(=S)n1-c1ccccc1. The van der Waals surface area contributed by atoms with Crippen molar-refractivity contribution in [1.82, 2.24) is 14.3 Å². The van der Waals surface area contributed by atoms with Crippen molar-refractivity contribution in [3.8, 4) is 22.8 Å². The number of aliphatic hydroxyl groups excluding tert-OH is 1. The Morgan fingerprint density at radius 3 is 2.48 bits per heavy atom. The maximum atomic E-state index is 9.51. The molecule has 0 bridgehead atoms. The van der Waals surface area contributed by atoms with Gasteiger partial charge in [0.25, 0.3) is 0 Å². The van der Waals surface area contributed by atoms with Gasteiger partial charge in [0, 0.05) is 5.69 Å². The van der Waals surface area contributed by atoms with Crippen LogP contribution in [0.1, 0.15) is 6.92 Å². The highest BCUT2D eigenvalue weighted by atomic mass is 32.1. The fourth-order valence-electron chi connectivity index (χ4n) is 2.42. The van der Waals surface area contributed by atoms with Gasteiger partial charge in [-0.15, -0.1) is 5.10 Å². The summed E-state index contributed by atoms with van der Waals surface area (Å²) < 4.78 is 9.36. The van der Waals surface area contributed by atoms with E-state index in [2.05, 4.69) is 5.10 Å². The van der Waals surface area contributed by atoms with E-state index in [9.17, 15) is 5.11 Å². The number of ether oxygens (including phenoxy) is 1. The molecule has 0 spiro atoms. The van der Waals surface area contributed by atoms with E-state index in [-0.39, 0.29) is 6.73 Å². The zero-order valence-electron chi connectivity index (χ0n) is 12.7. The van der Waals surface area contributed by atoms with Crippen LogP contribution in [0.4, 0.5) is 0 Å². The summed E-state index contributed by atoms with van der Waals surface area (Å²) in [6, 6.07) is 17.4. The number of aliphatic hydroxyl groups is 1. The van der Waals surface area contributed by atoms with Crippen LogP contribution in [-0.4, -0.2) is 26.1 Å². The second-order valence-electron chi connectivity index (χ2n) is 4.85. The first-order valence-electron chi connectivity index (χ1n) is 7.34. The largest absolute Gasteiger partial charge is 0.493 e. The quantitative estimate of drug-likeness (QED) is 0.730. The van der Waals surface area contributed by atoms with E-state index in [0.717, 1.165) is 17.0 Å². The number of para-hydroxylation sites is 2. The number of benzene rings is 2. The Hall–Kier alpha value is -2.44. The first kappa shape index (κ1) is 15.5. The van der Waals surface area contributed by atoms with Gasteiger partial charge in [-0.2, -0.15) is 0 Å². The zero-order valence-corrected chi connectivity index (χ0v) is 13.5. The number of hydrogen-bond donors (Lipinski definition) is 1. The van der Waals surface area contributed by atoms with Gasteiger partial charge in [0.1, 0.15) is 12.5 Å². The predicted octanol–water partition coefficient (Wildman–Crippen LogP) is 3.42. The average Bonchev–Trinajstić information content (AvgIpc) is 2.93. The topological polar surface area (TPSA) is 52.2 Å². The molecule has 0 atom stereocenters. The molecular formula is C17H17N3O2S. The van der Waals surface area contributed by atoms with Crippen LogP contribution in [0.25, 0.3) is 17.1 Å². The van der Waals surface area contributed by atoms with E-state index in [0.29, 0.717) is 17.2 Å². The molecule has 0 unspecified atom stereocenters. The molecule has 1 aromatic heterocycles. The van der Waals surface area contributed by atoms with Crippen LogP contribution >= 0.6 is 12.2 Å². The van der Waals surface area contributed by atoms with E-state index in [1.165, 1.54) is 4.68 Å². The van der Waals surface area contributed by atoms with E-state index < -0.39 is 0 Å². The zero-order chi connectivity index (χ0) is 16.2. The minimum absolute atomic E-state index is 0.275. The Bertz CT molecular complexity index is 856. The average molecular weight is 327 g/mol. The van der Waals surface area contributed by atoms with Gasteiger partial charge in [0.05, 0.1) is 12.2 Å². The van der Waals surface area contributed by atoms with Gasteiger partial charge in [0.2, 0.25) is 4.77 Å². The molecule has 23 heavy (non-hydrogen) atoms. The van der Waals surface area contributed by atoms with Crippen molar-refractivity contribution < 1.29 is 9.84 Å². The van der Waals surface area contributed by atoms with E-state index >= 15 is 0 Å². The molecule has 3 rings (SSSR count). The van der Waals surface area contributed by atoms with Crippen LogP contribution in [-0.2, 0) is 6.73 Å². The maximum absolute atomic E-state index is 9.51. The molecule has 0 aliphatic rings. The summed E-state index contributed by atoms with van der Waals surface area (Å²) in [6.07, 6.45) is 0. The summed E-state index contributed by atoms with van der Waals surface area (Å²) in [4.78, 5) is 0. The summed E-state index contributed by atoms with van der Waals surface area (Å²) in [7, 11) is 0. The molecule has 0 aliphatic heterocycles. The number of rotatable bonds is 5. The monoisotopic (exact) mass is 327 g/mol. The molecular weight excluding hydrogens is 310 g/mol. The van der Waals surface area contributed by atoms with Gasteiger partial charge >= 0.3 is 0 Å². The lowest BCUT2D eigenvalue weighted by molar-refractivity contribution is 0.193. The summed E-state index contributed by atoms with van der Waals surface area (Å²) in [5, 5.41) is 14.0. The molecule has 0 aliphatic carbocycles. The Labute approximate surface area is 139 Å². The van der Waals surface area contributed by atoms with Crippen molar-refractivity contribution in [2.24, 2.45) is 0 Å². The minimum Gasteiger partial charge on any atom is -0.493 e. The highest BCUT2D eigenvalue weighted by Gasteiger charge is 2.17. The molecule has 6 heteroatoms. The highest BCUT2D eigenvalue weighted by Crippen LogP contribution is 2.30. The second-order valence-corrected chi connectivity index (χ2v) is 5.21. The fourth-order valence-corrected chi connectivity index (χ4v) is 2.71. The van der Waals surface area contributed by atoms with Crippen LogP contribution in [0.3, 0.4) is 0 Å². The lowest BCUT2D eigenvalue weighted by Crippen LogP contribution is -2.01. The lowest BCUT2D eigenvalue weighted by Gasteiger charge is -2.11. The van der Waals surface area contributed by atoms with Gasteiger partial charge in [-0.25, -0.2) is 4.68 Å². The van der Waals surface area contributed by atoms with E-state index in [1.54, 1.807) is 0 Å². The minimum atomic E-state index is -0.275. The molecule has 5 nitrogen and oxygen atoms in total. The summed E-state index contributed by atoms with van der Waals surface area (Å²) in [5.74, 6) is 1.37. The second kappa shape index (κ2) is 6.76. The Balaban J connectivity index is 2.27. The molecule has 2 aromatic carbocycles. The molecule has 1 heterocycles. The van der Waals surface area contributed by atoms with Crippen molar-refractivity contribution in [3.63, 3.8) is 0 Å². The third-order valence-electron chi connectivity index (χ3n) is 3.42. The van der Waals surface area contributed by atoms with Gasteiger partial charge in [0.15, 0.2) is 5.82 Å². The van der Waals surface area contributed by atoms with E-state index in [1.807, 2.05) is 66.1 Å². The van der Waals surface area contributed by atoms with Gasteiger partial charge in [-0.05, 0) is 43.4 Å². The van der Waals surface area contributed by atoms with E-state index in [4.69, 9.17) is 17.0 Å². The van der Waals surface area contributed by atoms with Crippen LogP contribution in [0.15, 0.2) is 54.6 Å². The van der Waals surface area contributed by atoms with Crippen molar-refractivity contribution in [1.29, 1.82) is 0 Å². The molecule has 0 saturated carbocycles. The van der Waals surface area contributed by atoms with Crippen LogP contribution < -0.4 is 4.74 Å². The molecule has 1 N–H and O–H groups in total. The third kappa shape index (κ3) is 2.91. The molecule has 0 radical (unpaired) electrons. The predicted molar refractivity (Wildman–Crippen MR) is 91.2 cm³/mol.